The van der Waals surface area contributed by atoms with Crippen LogP contribution in [0.5, 0.6) is 5.75 Å². The van der Waals surface area contributed by atoms with Gasteiger partial charge in [0.05, 0.1) is 45.6 Å². The van der Waals surface area contributed by atoms with Gasteiger partial charge in [-0.05, 0) is 18.2 Å². The second-order valence-electron chi connectivity index (χ2n) is 8.31. The molecule has 0 aliphatic carbocycles. The van der Waals surface area contributed by atoms with E-state index in [0.717, 1.165) is 0 Å². The van der Waals surface area contributed by atoms with E-state index in [0.29, 0.717) is 45.9 Å². The number of fused-ring (bicyclic) bond motifs is 1. The number of benzene rings is 1. The molecule has 9 nitrogen and oxygen atoms in total. The van der Waals surface area contributed by atoms with Crippen LogP contribution in [0.15, 0.2) is 59.8 Å². The molecule has 1 unspecified atom stereocenters. The number of carbonyl (C=O) groups is 3. The van der Waals surface area contributed by atoms with Gasteiger partial charge >= 0.3 is 0 Å². The number of nitrogens with zero attached hydrogens (tertiary/aromatic N) is 3. The Hall–Kier alpha value is -4.14. The number of ketones is 1. The van der Waals surface area contributed by atoms with Crippen LogP contribution in [-0.2, 0) is 9.59 Å². The van der Waals surface area contributed by atoms with E-state index in [1.54, 1.807) is 23.1 Å². The highest BCUT2D eigenvalue weighted by Gasteiger charge is 2.32. The first-order chi connectivity index (χ1) is 17.5. The standard InChI is InChI=1S/C26H22N4O5S/c1-35-19-14-28-22(20-8-7-17(15-31)36-20)23-21(19)18(13-27-23)24(32)26(34)30-11-9-29(10-12-30)25(33)16-5-3-2-4-6-16/h2-8,13-14,20,27H,9-12H2,1H3. The van der Waals surface area contributed by atoms with E-state index in [-0.39, 0.29) is 29.8 Å². The van der Waals surface area contributed by atoms with Crippen LogP contribution < -0.4 is 4.74 Å². The Labute approximate surface area is 210 Å². The number of hydrogen-bond donors (Lipinski definition) is 1. The van der Waals surface area contributed by atoms with Crippen LogP contribution in [0, 0.1) is 0 Å². The van der Waals surface area contributed by atoms with E-state index in [1.165, 1.54) is 36.2 Å². The molecule has 2 aliphatic heterocycles. The number of rotatable bonds is 5. The molecule has 10 heteroatoms. The van der Waals surface area contributed by atoms with Crippen molar-refractivity contribution in [3.8, 4) is 5.75 Å². The van der Waals surface area contributed by atoms with Gasteiger partial charge in [-0.3, -0.25) is 19.4 Å². The van der Waals surface area contributed by atoms with Crippen molar-refractivity contribution >= 4 is 46.2 Å². The van der Waals surface area contributed by atoms with Crippen LogP contribution >= 0.6 is 11.8 Å². The molecule has 1 fully saturated rings. The molecule has 4 heterocycles. The van der Waals surface area contributed by atoms with Crippen molar-refractivity contribution in [1.82, 2.24) is 19.8 Å². The van der Waals surface area contributed by atoms with Crippen molar-refractivity contribution < 1.29 is 23.9 Å². The fourth-order valence-electron chi connectivity index (χ4n) is 4.42. The summed E-state index contributed by atoms with van der Waals surface area (Å²) in [5.74, 6) is 0.849. The number of aromatic nitrogens is 2. The maximum atomic E-state index is 13.3. The minimum atomic E-state index is -0.664. The first-order valence-electron chi connectivity index (χ1n) is 11.3. The minimum Gasteiger partial charge on any atom is -0.494 e. The fourth-order valence-corrected chi connectivity index (χ4v) is 5.34. The van der Waals surface area contributed by atoms with E-state index in [9.17, 15) is 19.2 Å². The summed E-state index contributed by atoms with van der Waals surface area (Å²) in [4.78, 5) is 61.3. The second kappa shape index (κ2) is 9.85. The van der Waals surface area contributed by atoms with Gasteiger partial charge in [0, 0.05) is 37.9 Å². The molecule has 1 saturated heterocycles. The maximum absolute atomic E-state index is 13.3. The van der Waals surface area contributed by atoms with Crippen LogP contribution in [0.3, 0.4) is 0 Å². The molecule has 3 aromatic rings. The molecule has 0 saturated carbocycles. The van der Waals surface area contributed by atoms with E-state index in [2.05, 4.69) is 9.97 Å². The fraction of sp³-hybridized carbons (Fsp3) is 0.231. The van der Waals surface area contributed by atoms with Crippen molar-refractivity contribution in [3.05, 3.63) is 76.6 Å². The van der Waals surface area contributed by atoms with Crippen molar-refractivity contribution in [2.45, 2.75) is 5.25 Å². The third-order valence-electron chi connectivity index (χ3n) is 6.28. The highest BCUT2D eigenvalue weighted by molar-refractivity contribution is 8.04. The smallest absolute Gasteiger partial charge is 0.295 e. The number of methoxy groups -OCH3 is 1. The molecular formula is C26H22N4O5S. The number of ether oxygens (including phenoxy) is 1. The Morgan fingerprint density at radius 3 is 2.50 bits per heavy atom. The number of allylic oxidation sites excluding steroid dienone is 1. The largest absolute Gasteiger partial charge is 0.494 e. The van der Waals surface area contributed by atoms with Gasteiger partial charge in [0.25, 0.3) is 17.6 Å². The first kappa shape index (κ1) is 23.6. The molecule has 1 N–H and O–H groups in total. The van der Waals surface area contributed by atoms with Gasteiger partial charge in [-0.15, -0.1) is 11.8 Å². The van der Waals surface area contributed by atoms with E-state index < -0.39 is 11.7 Å². The van der Waals surface area contributed by atoms with E-state index in [1.807, 2.05) is 30.2 Å². The zero-order valence-electron chi connectivity index (χ0n) is 19.4. The number of nitrogens with one attached hydrogen (secondary N) is 1. The van der Waals surface area contributed by atoms with Gasteiger partial charge in [-0.25, -0.2) is 4.79 Å². The van der Waals surface area contributed by atoms with Crippen molar-refractivity contribution in [3.63, 3.8) is 0 Å². The number of thioether (sulfide) groups is 1. The summed E-state index contributed by atoms with van der Waals surface area (Å²) in [5, 5.41) is 0.235. The highest BCUT2D eigenvalue weighted by atomic mass is 32.2. The molecule has 36 heavy (non-hydrogen) atoms. The number of carbonyl (C=O) groups excluding carboxylic acids is 4. The van der Waals surface area contributed by atoms with Crippen LogP contribution in [-0.4, -0.2) is 76.6 Å². The normalized spacial score (nSPS) is 17.4. The number of amides is 2. The Kier molecular flexibility index (Phi) is 6.45. The van der Waals surface area contributed by atoms with Gasteiger partial charge in [0.15, 0.2) is 0 Å². The lowest BCUT2D eigenvalue weighted by atomic mass is 10.1. The molecule has 1 atom stereocenters. The number of Topliss-reactive ketones (excluding diaryl/α,β-unsaturated/α-hetero) is 1. The SMILES string of the molecule is COc1cnc(C2C=CC(=C=O)S2)c2[nH]cc(C(=O)C(=O)N3CCN(C(=O)c4ccccc4)CC3)c12. The number of H-pyrrole nitrogens is 1. The first-order valence-corrected chi connectivity index (χ1v) is 12.2. The van der Waals surface area contributed by atoms with Crippen LogP contribution in [0.1, 0.15) is 31.7 Å². The lowest BCUT2D eigenvalue weighted by Crippen LogP contribution is -2.52. The summed E-state index contributed by atoms with van der Waals surface area (Å²) in [6.07, 6.45) is 6.52. The van der Waals surface area contributed by atoms with Crippen molar-refractivity contribution in [2.24, 2.45) is 0 Å². The minimum absolute atomic E-state index is 0.0955. The summed E-state index contributed by atoms with van der Waals surface area (Å²) >= 11 is 1.31. The zero-order chi connectivity index (χ0) is 25.2. The van der Waals surface area contributed by atoms with Gasteiger partial charge in [0.2, 0.25) is 0 Å². The zero-order valence-corrected chi connectivity index (χ0v) is 20.2. The lowest BCUT2D eigenvalue weighted by Gasteiger charge is -2.34. The number of piperazine rings is 1. The average Bonchev–Trinajstić information content (AvgIpc) is 3.60. The predicted molar refractivity (Wildman–Crippen MR) is 135 cm³/mol. The average molecular weight is 503 g/mol. The van der Waals surface area contributed by atoms with Gasteiger partial charge < -0.3 is 19.5 Å². The number of hydrogen-bond acceptors (Lipinski definition) is 7. The highest BCUT2D eigenvalue weighted by Crippen LogP contribution is 2.43. The monoisotopic (exact) mass is 502 g/mol. The molecule has 2 aliphatic rings. The number of aromatic amines is 1. The van der Waals surface area contributed by atoms with Crippen molar-refractivity contribution in [2.75, 3.05) is 33.3 Å². The Balaban J connectivity index is 1.35. The summed E-state index contributed by atoms with van der Waals surface area (Å²) in [5.41, 5.74) is 1.97. The topological polar surface area (TPSA) is 113 Å². The summed E-state index contributed by atoms with van der Waals surface area (Å²) in [6.45, 7) is 1.21. The second-order valence-corrected chi connectivity index (χ2v) is 9.49. The summed E-state index contributed by atoms with van der Waals surface area (Å²) < 4.78 is 5.45. The van der Waals surface area contributed by atoms with Crippen LogP contribution in [0.2, 0.25) is 0 Å². The maximum Gasteiger partial charge on any atom is 0.295 e. The number of pyridine rings is 1. The Morgan fingerprint density at radius 1 is 1.11 bits per heavy atom. The molecule has 2 amide bonds. The third-order valence-corrected chi connectivity index (χ3v) is 7.39. The molecule has 0 radical (unpaired) electrons. The Morgan fingerprint density at radius 2 is 1.83 bits per heavy atom. The summed E-state index contributed by atoms with van der Waals surface area (Å²) in [7, 11) is 1.47. The molecule has 0 bridgehead atoms. The van der Waals surface area contributed by atoms with Crippen LogP contribution in [0.4, 0.5) is 0 Å². The molecule has 2 aromatic heterocycles. The quantitative estimate of drug-likeness (QED) is 0.324. The van der Waals surface area contributed by atoms with Gasteiger partial charge in [-0.2, -0.15) is 0 Å². The van der Waals surface area contributed by atoms with Crippen molar-refractivity contribution in [1.29, 1.82) is 0 Å². The molecule has 0 spiro atoms. The summed E-state index contributed by atoms with van der Waals surface area (Å²) in [6, 6.07) is 8.98. The molecule has 182 valence electrons. The molecular weight excluding hydrogens is 480 g/mol. The van der Waals surface area contributed by atoms with Gasteiger partial charge in [0.1, 0.15) is 11.7 Å². The molecule has 5 rings (SSSR count). The van der Waals surface area contributed by atoms with Crippen LogP contribution in [0.25, 0.3) is 10.9 Å². The lowest BCUT2D eigenvalue weighted by molar-refractivity contribution is -0.127. The Bertz CT molecular complexity index is 1430. The third kappa shape index (κ3) is 4.21. The van der Waals surface area contributed by atoms with E-state index in [4.69, 9.17) is 4.74 Å². The van der Waals surface area contributed by atoms with E-state index >= 15 is 0 Å². The van der Waals surface area contributed by atoms with Gasteiger partial charge in [-0.1, -0.05) is 24.3 Å². The predicted octanol–water partition coefficient (Wildman–Crippen LogP) is 2.80. The molecule has 1 aromatic carbocycles.